The zero-order chi connectivity index (χ0) is 15.2. The Morgan fingerprint density at radius 2 is 2.05 bits per heavy atom. The lowest BCUT2D eigenvalue weighted by molar-refractivity contribution is 0.473. The van der Waals surface area contributed by atoms with Gasteiger partial charge in [-0.05, 0) is 24.1 Å². The van der Waals surface area contributed by atoms with Gasteiger partial charge in [-0.15, -0.1) is 24.0 Å². The number of hydrogen-bond donors (Lipinski definition) is 1. The molecule has 120 valence electrons. The van der Waals surface area contributed by atoms with Crippen LogP contribution in [0.2, 0.25) is 0 Å². The highest BCUT2D eigenvalue weighted by Gasteiger charge is 2.08. The van der Waals surface area contributed by atoms with Crippen molar-refractivity contribution < 1.29 is 0 Å². The molecule has 0 aliphatic heterocycles. The largest absolute Gasteiger partial charge is 0.351 e. The SMILES string of the molecule is CN=C(NCc1ccnn1C)N(C)Cc1ccccc1C.I. The van der Waals surface area contributed by atoms with Gasteiger partial charge in [0, 0.05) is 33.9 Å². The Kier molecular flexibility index (Phi) is 7.37. The van der Waals surface area contributed by atoms with Crippen LogP contribution in [-0.2, 0) is 20.1 Å². The van der Waals surface area contributed by atoms with E-state index in [1.807, 2.05) is 24.8 Å². The van der Waals surface area contributed by atoms with E-state index in [1.54, 1.807) is 13.2 Å². The lowest BCUT2D eigenvalue weighted by Gasteiger charge is -2.23. The van der Waals surface area contributed by atoms with Crippen molar-refractivity contribution in [2.24, 2.45) is 12.0 Å². The Labute approximate surface area is 149 Å². The number of guanidine groups is 1. The van der Waals surface area contributed by atoms with Crippen LogP contribution in [0.15, 0.2) is 41.5 Å². The van der Waals surface area contributed by atoms with Gasteiger partial charge in [0.05, 0.1) is 12.2 Å². The van der Waals surface area contributed by atoms with Crippen molar-refractivity contribution in [2.75, 3.05) is 14.1 Å². The molecule has 0 saturated heterocycles. The number of halogens is 1. The predicted octanol–water partition coefficient (Wildman–Crippen LogP) is 2.55. The first kappa shape index (κ1) is 18.5. The van der Waals surface area contributed by atoms with E-state index in [2.05, 4.69) is 51.5 Å². The van der Waals surface area contributed by atoms with E-state index in [9.17, 15) is 0 Å². The molecule has 5 nitrogen and oxygen atoms in total. The highest BCUT2D eigenvalue weighted by molar-refractivity contribution is 14.0. The maximum atomic E-state index is 4.34. The van der Waals surface area contributed by atoms with Crippen LogP contribution < -0.4 is 5.32 Å². The number of benzene rings is 1. The molecule has 1 heterocycles. The summed E-state index contributed by atoms with van der Waals surface area (Å²) >= 11 is 0. The van der Waals surface area contributed by atoms with Crippen molar-refractivity contribution in [1.82, 2.24) is 20.0 Å². The molecule has 0 atom stereocenters. The Morgan fingerprint density at radius 3 is 2.64 bits per heavy atom. The van der Waals surface area contributed by atoms with Gasteiger partial charge in [0.15, 0.2) is 5.96 Å². The molecule has 22 heavy (non-hydrogen) atoms. The summed E-state index contributed by atoms with van der Waals surface area (Å²) in [4.78, 5) is 6.47. The Bertz CT molecular complexity index is 621. The molecule has 0 aliphatic carbocycles. The molecule has 6 heteroatoms. The van der Waals surface area contributed by atoms with Crippen LogP contribution in [0.4, 0.5) is 0 Å². The van der Waals surface area contributed by atoms with Crippen molar-refractivity contribution in [3.05, 3.63) is 53.3 Å². The fraction of sp³-hybridized carbons (Fsp3) is 0.375. The molecule has 0 radical (unpaired) electrons. The number of aliphatic imine (C=N–C) groups is 1. The maximum Gasteiger partial charge on any atom is 0.194 e. The molecule has 0 fully saturated rings. The third kappa shape index (κ3) is 4.72. The van der Waals surface area contributed by atoms with Crippen LogP contribution in [0.25, 0.3) is 0 Å². The average Bonchev–Trinajstić information content (AvgIpc) is 2.88. The summed E-state index contributed by atoms with van der Waals surface area (Å²) in [6.07, 6.45) is 1.80. The van der Waals surface area contributed by atoms with E-state index in [-0.39, 0.29) is 24.0 Å². The number of rotatable bonds is 4. The molecular weight excluding hydrogens is 389 g/mol. The minimum absolute atomic E-state index is 0. The summed E-state index contributed by atoms with van der Waals surface area (Å²) in [5.74, 6) is 0.874. The summed E-state index contributed by atoms with van der Waals surface area (Å²) in [5.41, 5.74) is 3.73. The normalized spacial score (nSPS) is 11.0. The van der Waals surface area contributed by atoms with Gasteiger partial charge in [-0.1, -0.05) is 24.3 Å². The van der Waals surface area contributed by atoms with Crippen LogP contribution >= 0.6 is 24.0 Å². The summed E-state index contributed by atoms with van der Waals surface area (Å²) < 4.78 is 1.86. The molecule has 2 rings (SSSR count). The van der Waals surface area contributed by atoms with Crippen LogP contribution in [-0.4, -0.2) is 34.7 Å². The van der Waals surface area contributed by atoms with Crippen molar-refractivity contribution in [3.63, 3.8) is 0 Å². The van der Waals surface area contributed by atoms with Crippen molar-refractivity contribution >= 4 is 29.9 Å². The molecular formula is C16H24IN5. The molecule has 0 bridgehead atoms. The lowest BCUT2D eigenvalue weighted by atomic mass is 10.1. The fourth-order valence-corrected chi connectivity index (χ4v) is 2.25. The smallest absolute Gasteiger partial charge is 0.194 e. The first-order valence-corrected chi connectivity index (χ1v) is 7.05. The van der Waals surface area contributed by atoms with Crippen LogP contribution in [0.3, 0.4) is 0 Å². The highest BCUT2D eigenvalue weighted by Crippen LogP contribution is 2.09. The zero-order valence-corrected chi connectivity index (χ0v) is 15.9. The highest BCUT2D eigenvalue weighted by atomic mass is 127. The lowest BCUT2D eigenvalue weighted by Crippen LogP contribution is -2.38. The monoisotopic (exact) mass is 413 g/mol. The number of hydrogen-bond acceptors (Lipinski definition) is 2. The second-order valence-corrected chi connectivity index (χ2v) is 5.13. The quantitative estimate of drug-likeness (QED) is 0.476. The van der Waals surface area contributed by atoms with Gasteiger partial charge in [-0.25, -0.2) is 0 Å². The van der Waals surface area contributed by atoms with E-state index in [0.29, 0.717) is 6.54 Å². The average molecular weight is 413 g/mol. The first-order valence-electron chi connectivity index (χ1n) is 7.05. The number of aryl methyl sites for hydroxylation is 2. The Balaban J connectivity index is 0.00000242. The van der Waals surface area contributed by atoms with E-state index >= 15 is 0 Å². The molecule has 1 N–H and O–H groups in total. The molecule has 2 aromatic rings. The minimum atomic E-state index is 0. The molecule has 0 aliphatic rings. The second kappa shape index (κ2) is 8.77. The zero-order valence-electron chi connectivity index (χ0n) is 13.6. The summed E-state index contributed by atoms with van der Waals surface area (Å²) in [5, 5.41) is 7.54. The van der Waals surface area contributed by atoms with Gasteiger partial charge < -0.3 is 10.2 Å². The molecule has 0 saturated carbocycles. The Morgan fingerprint density at radius 1 is 1.32 bits per heavy atom. The van der Waals surface area contributed by atoms with Crippen molar-refractivity contribution in [2.45, 2.75) is 20.0 Å². The Hall–Kier alpha value is -1.57. The summed E-state index contributed by atoms with van der Waals surface area (Å²) in [7, 11) is 5.79. The number of nitrogens with one attached hydrogen (secondary N) is 1. The predicted molar refractivity (Wildman–Crippen MR) is 101 cm³/mol. The molecule has 0 spiro atoms. The van der Waals surface area contributed by atoms with Crippen LogP contribution in [0.5, 0.6) is 0 Å². The van der Waals surface area contributed by atoms with Gasteiger partial charge in [-0.3, -0.25) is 9.67 Å². The summed E-state index contributed by atoms with van der Waals surface area (Å²) in [6.45, 7) is 3.67. The van der Waals surface area contributed by atoms with E-state index in [1.165, 1.54) is 11.1 Å². The number of nitrogens with zero attached hydrogens (tertiary/aromatic N) is 4. The second-order valence-electron chi connectivity index (χ2n) is 5.13. The number of aromatic nitrogens is 2. The molecule has 0 amide bonds. The van der Waals surface area contributed by atoms with Gasteiger partial charge in [0.25, 0.3) is 0 Å². The minimum Gasteiger partial charge on any atom is -0.351 e. The molecule has 1 aromatic heterocycles. The van der Waals surface area contributed by atoms with Crippen molar-refractivity contribution in [1.29, 1.82) is 0 Å². The standard InChI is InChI=1S/C16H23N5.HI/c1-13-7-5-6-8-14(13)12-20(3)16(17-2)18-11-15-9-10-19-21(15)4;/h5-10H,11-12H2,1-4H3,(H,17,18);1H. The van der Waals surface area contributed by atoms with Gasteiger partial charge >= 0.3 is 0 Å². The van der Waals surface area contributed by atoms with Crippen LogP contribution in [0.1, 0.15) is 16.8 Å². The first-order chi connectivity index (χ1) is 10.1. The van der Waals surface area contributed by atoms with Gasteiger partial charge in [-0.2, -0.15) is 5.10 Å². The third-order valence-corrected chi connectivity index (χ3v) is 3.59. The van der Waals surface area contributed by atoms with Crippen molar-refractivity contribution in [3.8, 4) is 0 Å². The van der Waals surface area contributed by atoms with E-state index in [4.69, 9.17) is 0 Å². The fourth-order valence-electron chi connectivity index (χ4n) is 2.25. The van der Waals surface area contributed by atoms with Gasteiger partial charge in [0.2, 0.25) is 0 Å². The van der Waals surface area contributed by atoms with Crippen LogP contribution in [0, 0.1) is 6.92 Å². The third-order valence-electron chi connectivity index (χ3n) is 3.59. The molecule has 1 aromatic carbocycles. The maximum absolute atomic E-state index is 4.34. The van der Waals surface area contributed by atoms with E-state index in [0.717, 1.165) is 18.2 Å². The molecule has 0 unspecified atom stereocenters. The summed E-state index contributed by atoms with van der Waals surface area (Å²) in [6, 6.07) is 10.4. The van der Waals surface area contributed by atoms with Gasteiger partial charge in [0.1, 0.15) is 0 Å². The van der Waals surface area contributed by atoms with E-state index < -0.39 is 0 Å². The topological polar surface area (TPSA) is 45.5 Å².